The Balaban J connectivity index is 1.47. The topological polar surface area (TPSA) is 136 Å². The van der Waals surface area contributed by atoms with Crippen LogP contribution >= 0.6 is 0 Å². The number of aromatic nitrogens is 2. The monoisotopic (exact) mass is 658 g/mol. The van der Waals surface area contributed by atoms with Crippen LogP contribution in [0.4, 0.5) is 14.5 Å². The first-order valence-electron chi connectivity index (χ1n) is 14.8. The normalized spacial score (nSPS) is 14.1. The highest BCUT2D eigenvalue weighted by molar-refractivity contribution is 7.92. The number of carbonyl (C=O) groups is 1. The van der Waals surface area contributed by atoms with Crippen LogP contribution in [-0.2, 0) is 10.0 Å². The molecule has 1 atom stereocenters. The molecule has 1 aliphatic heterocycles. The summed E-state index contributed by atoms with van der Waals surface area (Å²) < 4.78 is 71.1. The van der Waals surface area contributed by atoms with Crippen LogP contribution in [0.3, 0.4) is 0 Å². The molecular weight excluding hydrogens is 630 g/mol. The van der Waals surface area contributed by atoms with E-state index < -0.39 is 33.8 Å². The molecular formula is C34H28F2N4O6S. The number of pyridine rings is 1. The van der Waals surface area contributed by atoms with Crippen molar-refractivity contribution >= 4 is 43.5 Å². The number of hydrogen-bond donors (Lipinski definition) is 3. The Labute approximate surface area is 267 Å². The number of carbonyl (C=O) groups excluding carboxylic acids is 1. The van der Waals surface area contributed by atoms with Crippen molar-refractivity contribution in [1.82, 2.24) is 14.9 Å². The number of benzene rings is 3. The molecule has 0 fully saturated rings. The van der Waals surface area contributed by atoms with Crippen molar-refractivity contribution in [2.45, 2.75) is 19.6 Å². The van der Waals surface area contributed by atoms with E-state index in [1.54, 1.807) is 41.0 Å². The van der Waals surface area contributed by atoms with Gasteiger partial charge in [-0.05, 0) is 67.6 Å². The van der Waals surface area contributed by atoms with Gasteiger partial charge in [0, 0.05) is 48.0 Å². The molecule has 1 aliphatic rings. The Bertz CT molecular complexity index is 2320. The molecule has 3 aromatic heterocycles. The van der Waals surface area contributed by atoms with Crippen LogP contribution in [-0.4, -0.2) is 48.4 Å². The molecule has 0 aliphatic carbocycles. The Morgan fingerprint density at radius 3 is 2.55 bits per heavy atom. The number of nitrogens with one attached hydrogen (secondary N) is 2. The maximum absolute atomic E-state index is 14.9. The second kappa shape index (κ2) is 11.5. The Hall–Kier alpha value is -5.27. The fraction of sp³-hybridized carbons (Fsp3) is 0.176. The molecule has 3 N–H and O–H groups in total. The van der Waals surface area contributed by atoms with E-state index in [1.807, 2.05) is 0 Å². The summed E-state index contributed by atoms with van der Waals surface area (Å²) in [6.45, 7) is 1.33. The van der Waals surface area contributed by atoms with Crippen LogP contribution in [0.1, 0.15) is 29.9 Å². The number of furan rings is 1. The lowest BCUT2D eigenvalue weighted by Gasteiger charge is -2.29. The Kier molecular flexibility index (Phi) is 7.44. The summed E-state index contributed by atoms with van der Waals surface area (Å²) >= 11 is 0. The zero-order chi connectivity index (χ0) is 33.0. The highest BCUT2D eigenvalue weighted by atomic mass is 32.2. The van der Waals surface area contributed by atoms with Gasteiger partial charge in [0.2, 0.25) is 10.0 Å². The minimum absolute atomic E-state index is 0.149. The average Bonchev–Trinajstić information content (AvgIpc) is 3.64. The number of aliphatic hydroxyl groups excluding tert-OH is 1. The standard InChI is InChI=1S/C34H28F2N4O6S/c1-3-47(43,44)39-25-17-29-22(31(34(42)37-2)33(46-29)18-7-9-19(35)10-8-18)15-21(25)24-11-12-28-32(38-24)27-16-20-23(36)5-4-6-26(20)40(27)30(45-28)13-14-41/h4-12,15-17,30,39,41H,3,13-14H2,1-2H3,(H,37,42). The molecule has 47 heavy (non-hydrogen) atoms. The summed E-state index contributed by atoms with van der Waals surface area (Å²) in [7, 11) is -2.32. The van der Waals surface area contributed by atoms with Crippen molar-refractivity contribution < 1.29 is 36.3 Å². The number of amides is 1. The summed E-state index contributed by atoms with van der Waals surface area (Å²) in [6.07, 6.45) is -0.378. The molecule has 0 radical (unpaired) electrons. The van der Waals surface area contributed by atoms with Gasteiger partial charge in [-0.1, -0.05) is 6.07 Å². The molecule has 3 aromatic carbocycles. The van der Waals surface area contributed by atoms with Crippen molar-refractivity contribution in [2.75, 3.05) is 24.1 Å². The molecule has 1 amide bonds. The van der Waals surface area contributed by atoms with Gasteiger partial charge in [-0.3, -0.25) is 9.52 Å². The first-order chi connectivity index (χ1) is 22.6. The molecule has 10 nitrogen and oxygen atoms in total. The number of rotatable bonds is 8. The van der Waals surface area contributed by atoms with E-state index in [0.29, 0.717) is 50.2 Å². The van der Waals surface area contributed by atoms with E-state index >= 15 is 0 Å². The summed E-state index contributed by atoms with van der Waals surface area (Å²) in [6, 6.07) is 18.3. The molecule has 1 unspecified atom stereocenters. The van der Waals surface area contributed by atoms with Crippen LogP contribution in [0.25, 0.3) is 55.8 Å². The van der Waals surface area contributed by atoms with Gasteiger partial charge in [0.05, 0.1) is 33.9 Å². The molecule has 0 spiro atoms. The third kappa shape index (κ3) is 5.17. The van der Waals surface area contributed by atoms with E-state index in [2.05, 4.69) is 10.0 Å². The van der Waals surface area contributed by atoms with E-state index in [1.165, 1.54) is 50.4 Å². The van der Waals surface area contributed by atoms with Gasteiger partial charge >= 0.3 is 0 Å². The number of halogens is 2. The summed E-state index contributed by atoms with van der Waals surface area (Å²) in [5.74, 6) is -0.996. The lowest BCUT2D eigenvalue weighted by Crippen LogP contribution is -2.22. The number of aliphatic hydroxyl groups is 1. The van der Waals surface area contributed by atoms with Crippen molar-refractivity contribution in [2.24, 2.45) is 0 Å². The van der Waals surface area contributed by atoms with Crippen LogP contribution in [0.2, 0.25) is 0 Å². The molecule has 4 heterocycles. The van der Waals surface area contributed by atoms with Crippen LogP contribution in [0.5, 0.6) is 5.75 Å². The zero-order valence-electron chi connectivity index (χ0n) is 25.2. The summed E-state index contributed by atoms with van der Waals surface area (Å²) in [5.41, 5.74) is 3.13. The van der Waals surface area contributed by atoms with Gasteiger partial charge in [0.25, 0.3) is 5.91 Å². The SMILES string of the molecule is CCS(=O)(=O)Nc1cc2oc(-c3ccc(F)cc3)c(C(=O)NC)c2cc1-c1ccc2c(n1)-c1cc3c(F)cccc3n1C(CCO)O2. The minimum atomic E-state index is -3.79. The molecule has 0 saturated carbocycles. The van der Waals surface area contributed by atoms with Crippen molar-refractivity contribution in [3.63, 3.8) is 0 Å². The fourth-order valence-electron chi connectivity index (χ4n) is 5.91. The quantitative estimate of drug-likeness (QED) is 0.171. The minimum Gasteiger partial charge on any atom is -0.468 e. The molecule has 13 heteroatoms. The smallest absolute Gasteiger partial charge is 0.255 e. The Morgan fingerprint density at radius 1 is 1.04 bits per heavy atom. The van der Waals surface area contributed by atoms with Crippen LogP contribution in [0.15, 0.2) is 77.2 Å². The summed E-state index contributed by atoms with van der Waals surface area (Å²) in [5, 5.41) is 13.1. The highest BCUT2D eigenvalue weighted by Crippen LogP contribution is 2.45. The molecule has 0 saturated heterocycles. The molecule has 240 valence electrons. The van der Waals surface area contributed by atoms with E-state index in [0.717, 1.165) is 0 Å². The maximum atomic E-state index is 14.9. The average molecular weight is 659 g/mol. The number of anilines is 1. The van der Waals surface area contributed by atoms with E-state index in [-0.39, 0.29) is 41.4 Å². The van der Waals surface area contributed by atoms with Crippen LogP contribution < -0.4 is 14.8 Å². The lowest BCUT2D eigenvalue weighted by atomic mass is 10.0. The first-order valence-corrected chi connectivity index (χ1v) is 16.5. The van der Waals surface area contributed by atoms with Gasteiger partial charge in [-0.15, -0.1) is 0 Å². The van der Waals surface area contributed by atoms with Crippen molar-refractivity contribution in [1.29, 1.82) is 0 Å². The van der Waals surface area contributed by atoms with Gasteiger partial charge in [0.1, 0.15) is 34.4 Å². The Morgan fingerprint density at radius 2 is 1.83 bits per heavy atom. The number of nitrogens with zero attached hydrogens (tertiary/aromatic N) is 2. The van der Waals surface area contributed by atoms with E-state index in [9.17, 15) is 27.1 Å². The number of hydrogen-bond acceptors (Lipinski definition) is 7. The predicted octanol–water partition coefficient (Wildman–Crippen LogP) is 6.46. The highest BCUT2D eigenvalue weighted by Gasteiger charge is 2.31. The van der Waals surface area contributed by atoms with Crippen molar-refractivity contribution in [3.8, 4) is 39.7 Å². The van der Waals surface area contributed by atoms with Gasteiger partial charge < -0.3 is 24.1 Å². The summed E-state index contributed by atoms with van der Waals surface area (Å²) in [4.78, 5) is 18.1. The predicted molar refractivity (Wildman–Crippen MR) is 174 cm³/mol. The van der Waals surface area contributed by atoms with Crippen LogP contribution in [0, 0.1) is 11.6 Å². The zero-order valence-corrected chi connectivity index (χ0v) is 26.0. The molecule has 6 aromatic rings. The first kappa shape index (κ1) is 30.4. The number of sulfonamides is 1. The van der Waals surface area contributed by atoms with Gasteiger partial charge in [-0.2, -0.15) is 0 Å². The molecule has 0 bridgehead atoms. The fourth-order valence-corrected chi connectivity index (χ4v) is 6.56. The van der Waals surface area contributed by atoms with E-state index in [4.69, 9.17) is 14.1 Å². The third-order valence-electron chi connectivity index (χ3n) is 8.17. The second-order valence-electron chi connectivity index (χ2n) is 11.0. The van der Waals surface area contributed by atoms with Gasteiger partial charge in [-0.25, -0.2) is 22.2 Å². The van der Waals surface area contributed by atoms with Crippen molar-refractivity contribution in [3.05, 3.63) is 90.0 Å². The number of ether oxygens (including phenoxy) is 1. The molecule has 7 rings (SSSR count). The lowest BCUT2D eigenvalue weighted by molar-refractivity contribution is 0.0957. The number of fused-ring (bicyclic) bond motifs is 6. The second-order valence-corrected chi connectivity index (χ2v) is 13.0. The third-order valence-corrected chi connectivity index (χ3v) is 9.46. The maximum Gasteiger partial charge on any atom is 0.255 e. The van der Waals surface area contributed by atoms with Gasteiger partial charge in [0.15, 0.2) is 6.23 Å². The largest absolute Gasteiger partial charge is 0.468 e.